The van der Waals surface area contributed by atoms with E-state index in [2.05, 4.69) is 10.6 Å². The third-order valence-corrected chi connectivity index (χ3v) is 2.75. The molecule has 0 aromatic rings. The quantitative estimate of drug-likeness (QED) is 0.451. The first-order valence-electron chi connectivity index (χ1n) is 7.27. The van der Waals surface area contributed by atoms with Crippen LogP contribution < -0.4 is 10.6 Å². The molecule has 0 fully saturated rings. The monoisotopic (exact) mass is 280 g/mol. The van der Waals surface area contributed by atoms with Crippen molar-refractivity contribution in [1.82, 2.24) is 10.6 Å². The lowest BCUT2D eigenvalue weighted by Crippen LogP contribution is -2.15. The molecule has 0 saturated carbocycles. The van der Waals surface area contributed by atoms with Crippen molar-refractivity contribution >= 4 is 11.6 Å². The molecule has 0 heterocycles. The SMILES string of the molecule is CC(=O)/C=C(\C)NCCCCCCN/C(C)=C/C(C)=O. The van der Waals surface area contributed by atoms with Crippen molar-refractivity contribution in [3.05, 3.63) is 23.5 Å². The Kier molecular flexibility index (Phi) is 10.4. The van der Waals surface area contributed by atoms with Gasteiger partial charge in [0.2, 0.25) is 0 Å². The van der Waals surface area contributed by atoms with Crippen LogP contribution in [0.3, 0.4) is 0 Å². The lowest BCUT2D eigenvalue weighted by atomic mass is 10.2. The molecule has 0 aliphatic rings. The van der Waals surface area contributed by atoms with E-state index in [0.717, 1.165) is 50.2 Å². The number of nitrogens with one attached hydrogen (secondary N) is 2. The van der Waals surface area contributed by atoms with Crippen LogP contribution in [-0.2, 0) is 9.59 Å². The molecule has 0 bridgehead atoms. The van der Waals surface area contributed by atoms with Crippen LogP contribution in [0.5, 0.6) is 0 Å². The Labute approximate surface area is 122 Å². The average Bonchev–Trinajstić information content (AvgIpc) is 2.30. The van der Waals surface area contributed by atoms with Gasteiger partial charge in [0.05, 0.1) is 0 Å². The Hall–Kier alpha value is -1.58. The van der Waals surface area contributed by atoms with E-state index in [1.807, 2.05) is 13.8 Å². The molecule has 0 amide bonds. The summed E-state index contributed by atoms with van der Waals surface area (Å²) in [6.45, 7) is 8.75. The van der Waals surface area contributed by atoms with E-state index in [1.165, 1.54) is 0 Å². The number of allylic oxidation sites excluding steroid dienone is 4. The molecule has 0 aromatic heterocycles. The topological polar surface area (TPSA) is 58.2 Å². The van der Waals surface area contributed by atoms with Crippen LogP contribution in [-0.4, -0.2) is 24.7 Å². The number of carbonyl (C=O) groups excluding carboxylic acids is 2. The first-order valence-corrected chi connectivity index (χ1v) is 7.27. The highest BCUT2D eigenvalue weighted by Gasteiger charge is 1.94. The molecule has 2 N–H and O–H groups in total. The zero-order valence-corrected chi connectivity index (χ0v) is 13.2. The second-order valence-electron chi connectivity index (χ2n) is 5.14. The molecule has 114 valence electrons. The van der Waals surface area contributed by atoms with E-state index in [0.29, 0.717) is 0 Å². The molecule has 20 heavy (non-hydrogen) atoms. The zero-order chi connectivity index (χ0) is 15.4. The lowest BCUT2D eigenvalue weighted by molar-refractivity contribution is -0.113. The van der Waals surface area contributed by atoms with Crippen molar-refractivity contribution in [2.45, 2.75) is 53.4 Å². The van der Waals surface area contributed by atoms with Gasteiger partial charge in [-0.1, -0.05) is 12.8 Å². The molecule has 4 nitrogen and oxygen atoms in total. The second kappa shape index (κ2) is 11.3. The normalized spacial score (nSPS) is 12.2. The first-order chi connectivity index (χ1) is 9.41. The minimum atomic E-state index is 0.0788. The molecule has 0 atom stereocenters. The van der Waals surface area contributed by atoms with Gasteiger partial charge in [0.1, 0.15) is 0 Å². The van der Waals surface area contributed by atoms with E-state index in [-0.39, 0.29) is 11.6 Å². The summed E-state index contributed by atoms with van der Waals surface area (Å²) in [5.74, 6) is 0.158. The van der Waals surface area contributed by atoms with Crippen molar-refractivity contribution in [2.75, 3.05) is 13.1 Å². The molecule has 0 spiro atoms. The smallest absolute Gasteiger partial charge is 0.154 e. The summed E-state index contributed by atoms with van der Waals surface area (Å²) in [7, 11) is 0. The largest absolute Gasteiger partial charge is 0.388 e. The zero-order valence-electron chi connectivity index (χ0n) is 13.2. The van der Waals surface area contributed by atoms with Crippen molar-refractivity contribution < 1.29 is 9.59 Å². The van der Waals surface area contributed by atoms with E-state index >= 15 is 0 Å². The van der Waals surface area contributed by atoms with Gasteiger partial charge >= 0.3 is 0 Å². The van der Waals surface area contributed by atoms with Crippen LogP contribution in [0.25, 0.3) is 0 Å². The minimum absolute atomic E-state index is 0.0788. The fourth-order valence-electron chi connectivity index (χ4n) is 1.89. The van der Waals surface area contributed by atoms with Crippen LogP contribution in [0.1, 0.15) is 53.4 Å². The maximum absolute atomic E-state index is 10.8. The third kappa shape index (κ3) is 12.9. The summed E-state index contributed by atoms with van der Waals surface area (Å²) < 4.78 is 0. The van der Waals surface area contributed by atoms with Crippen molar-refractivity contribution in [2.24, 2.45) is 0 Å². The van der Waals surface area contributed by atoms with Crippen LogP contribution in [0.15, 0.2) is 23.5 Å². The molecule has 4 heteroatoms. The summed E-state index contributed by atoms with van der Waals surface area (Å²) in [4.78, 5) is 21.7. The standard InChI is InChI=1S/C16H28N2O2/c1-13(11-15(3)19)17-9-7-5-6-8-10-18-14(2)12-16(4)20/h11-12,17-18H,5-10H2,1-4H3/b13-11+,14-12+. The van der Waals surface area contributed by atoms with E-state index in [4.69, 9.17) is 0 Å². The van der Waals surface area contributed by atoms with Gasteiger partial charge in [-0.3, -0.25) is 9.59 Å². The van der Waals surface area contributed by atoms with Gasteiger partial charge in [0, 0.05) is 24.5 Å². The molecular formula is C16H28N2O2. The van der Waals surface area contributed by atoms with Crippen LogP contribution in [0.4, 0.5) is 0 Å². The van der Waals surface area contributed by atoms with Crippen LogP contribution in [0.2, 0.25) is 0 Å². The Morgan fingerprint density at radius 3 is 1.35 bits per heavy atom. The lowest BCUT2D eigenvalue weighted by Gasteiger charge is -2.07. The number of ketones is 2. The number of carbonyl (C=O) groups is 2. The van der Waals surface area contributed by atoms with Gasteiger partial charge in [0.15, 0.2) is 11.6 Å². The van der Waals surface area contributed by atoms with Crippen molar-refractivity contribution in [3.63, 3.8) is 0 Å². The maximum atomic E-state index is 10.8. The fraction of sp³-hybridized carbons (Fsp3) is 0.625. The van der Waals surface area contributed by atoms with E-state index < -0.39 is 0 Å². The van der Waals surface area contributed by atoms with Gasteiger partial charge in [0.25, 0.3) is 0 Å². The molecule has 0 saturated heterocycles. The summed E-state index contributed by atoms with van der Waals surface area (Å²) in [5, 5.41) is 6.45. The van der Waals surface area contributed by atoms with Gasteiger partial charge in [-0.25, -0.2) is 0 Å². The van der Waals surface area contributed by atoms with E-state index in [9.17, 15) is 9.59 Å². The summed E-state index contributed by atoms with van der Waals surface area (Å²) in [6, 6.07) is 0. The van der Waals surface area contributed by atoms with Crippen LogP contribution in [0, 0.1) is 0 Å². The number of unbranched alkanes of at least 4 members (excludes halogenated alkanes) is 3. The highest BCUT2D eigenvalue weighted by Crippen LogP contribution is 2.00. The average molecular weight is 280 g/mol. The molecule has 0 aliphatic carbocycles. The van der Waals surface area contributed by atoms with Gasteiger partial charge in [-0.2, -0.15) is 0 Å². The maximum Gasteiger partial charge on any atom is 0.154 e. The van der Waals surface area contributed by atoms with Crippen molar-refractivity contribution in [3.8, 4) is 0 Å². The van der Waals surface area contributed by atoms with E-state index in [1.54, 1.807) is 26.0 Å². The van der Waals surface area contributed by atoms with Gasteiger partial charge in [-0.15, -0.1) is 0 Å². The Balaban J connectivity index is 3.46. The highest BCUT2D eigenvalue weighted by molar-refractivity contribution is 5.88. The van der Waals surface area contributed by atoms with Gasteiger partial charge < -0.3 is 10.6 Å². The van der Waals surface area contributed by atoms with Crippen LogP contribution >= 0.6 is 0 Å². The number of rotatable bonds is 11. The summed E-state index contributed by atoms with van der Waals surface area (Å²) >= 11 is 0. The molecule has 0 aromatic carbocycles. The number of hydrogen-bond acceptors (Lipinski definition) is 4. The summed E-state index contributed by atoms with van der Waals surface area (Å²) in [5.41, 5.74) is 1.87. The fourth-order valence-corrected chi connectivity index (χ4v) is 1.89. The van der Waals surface area contributed by atoms with Crippen molar-refractivity contribution in [1.29, 1.82) is 0 Å². The Bertz CT molecular complexity index is 335. The second-order valence-corrected chi connectivity index (χ2v) is 5.14. The Morgan fingerprint density at radius 2 is 1.05 bits per heavy atom. The summed E-state index contributed by atoms with van der Waals surface area (Å²) in [6.07, 6.45) is 7.77. The number of hydrogen-bond donors (Lipinski definition) is 2. The molecule has 0 aliphatic heterocycles. The van der Waals surface area contributed by atoms with Gasteiger partial charge in [-0.05, 0) is 52.7 Å². The minimum Gasteiger partial charge on any atom is -0.388 e. The molecular weight excluding hydrogens is 252 g/mol. The third-order valence-electron chi connectivity index (χ3n) is 2.75. The predicted molar refractivity (Wildman–Crippen MR) is 83.3 cm³/mol. The molecule has 0 radical (unpaired) electrons. The first kappa shape index (κ1) is 18.4. The molecule has 0 unspecified atom stereocenters. The Morgan fingerprint density at radius 1 is 0.700 bits per heavy atom. The predicted octanol–water partition coefficient (Wildman–Crippen LogP) is 2.71. The highest BCUT2D eigenvalue weighted by atomic mass is 16.1. The molecule has 0 rings (SSSR count).